The maximum Gasteiger partial charge on any atom is 0.139 e. The van der Waals surface area contributed by atoms with Crippen LogP contribution in [-0.2, 0) is 6.42 Å². The van der Waals surface area contributed by atoms with Crippen molar-refractivity contribution >= 4 is 0 Å². The molecule has 3 heteroatoms. The SMILES string of the molecule is OCCc1cc(-c2ccccc2)no1. The minimum absolute atomic E-state index is 0.0867. The number of aromatic nitrogens is 1. The third-order valence-corrected chi connectivity index (χ3v) is 1.99. The fourth-order valence-corrected chi connectivity index (χ4v) is 1.29. The van der Waals surface area contributed by atoms with Crippen LogP contribution >= 0.6 is 0 Å². The van der Waals surface area contributed by atoms with Crippen molar-refractivity contribution in [2.75, 3.05) is 6.61 Å². The molecule has 1 N–H and O–H groups in total. The van der Waals surface area contributed by atoms with Gasteiger partial charge in [-0.1, -0.05) is 35.5 Å². The van der Waals surface area contributed by atoms with Crippen molar-refractivity contribution in [1.82, 2.24) is 5.16 Å². The number of hydrogen-bond donors (Lipinski definition) is 1. The number of aliphatic hydroxyl groups is 1. The van der Waals surface area contributed by atoms with Gasteiger partial charge in [-0.25, -0.2) is 0 Å². The Balaban J connectivity index is 2.25. The first-order chi connectivity index (χ1) is 6.90. The molecule has 0 unspecified atom stereocenters. The Hall–Kier alpha value is -1.61. The van der Waals surface area contributed by atoms with Crippen molar-refractivity contribution in [3.05, 3.63) is 42.2 Å². The molecule has 0 aliphatic carbocycles. The van der Waals surface area contributed by atoms with E-state index in [9.17, 15) is 0 Å². The lowest BCUT2D eigenvalue weighted by Gasteiger charge is -1.91. The van der Waals surface area contributed by atoms with Crippen LogP contribution in [0.2, 0.25) is 0 Å². The Kier molecular flexibility index (Phi) is 2.60. The summed E-state index contributed by atoms with van der Waals surface area (Å²) < 4.78 is 5.05. The zero-order valence-corrected chi connectivity index (χ0v) is 7.68. The first kappa shape index (κ1) is 8.97. The van der Waals surface area contributed by atoms with Crippen molar-refractivity contribution in [2.45, 2.75) is 6.42 Å². The number of rotatable bonds is 3. The fraction of sp³-hybridized carbons (Fsp3) is 0.182. The van der Waals surface area contributed by atoms with Gasteiger partial charge in [-0.15, -0.1) is 0 Å². The standard InChI is InChI=1S/C11H11NO2/c13-7-6-10-8-11(12-14-10)9-4-2-1-3-5-9/h1-5,8,13H,6-7H2. The molecule has 0 aliphatic rings. The number of benzene rings is 1. The van der Waals surface area contributed by atoms with Crippen molar-refractivity contribution in [3.63, 3.8) is 0 Å². The summed E-state index contributed by atoms with van der Waals surface area (Å²) in [6, 6.07) is 11.7. The summed E-state index contributed by atoms with van der Waals surface area (Å²) in [4.78, 5) is 0. The lowest BCUT2D eigenvalue weighted by atomic mass is 10.1. The third kappa shape index (κ3) is 1.83. The topological polar surface area (TPSA) is 46.3 Å². The van der Waals surface area contributed by atoms with Crippen molar-refractivity contribution in [2.24, 2.45) is 0 Å². The highest BCUT2D eigenvalue weighted by Gasteiger charge is 2.04. The van der Waals surface area contributed by atoms with E-state index in [-0.39, 0.29) is 6.61 Å². The Morgan fingerprint density at radius 3 is 2.71 bits per heavy atom. The quantitative estimate of drug-likeness (QED) is 0.801. The minimum atomic E-state index is 0.0867. The van der Waals surface area contributed by atoms with Crippen LogP contribution in [0.4, 0.5) is 0 Å². The van der Waals surface area contributed by atoms with Crippen LogP contribution in [0.5, 0.6) is 0 Å². The Morgan fingerprint density at radius 1 is 1.21 bits per heavy atom. The lowest BCUT2D eigenvalue weighted by molar-refractivity contribution is 0.277. The summed E-state index contributed by atoms with van der Waals surface area (Å²) in [6.45, 7) is 0.0867. The molecule has 1 aromatic carbocycles. The van der Waals surface area contributed by atoms with E-state index < -0.39 is 0 Å². The smallest absolute Gasteiger partial charge is 0.139 e. The molecule has 2 aromatic rings. The van der Waals surface area contributed by atoms with E-state index in [4.69, 9.17) is 9.63 Å². The molecular formula is C11H11NO2. The normalized spacial score (nSPS) is 10.4. The predicted octanol–water partition coefficient (Wildman–Crippen LogP) is 1.88. The van der Waals surface area contributed by atoms with E-state index in [0.717, 1.165) is 11.3 Å². The van der Waals surface area contributed by atoms with Crippen LogP contribution in [0.1, 0.15) is 5.76 Å². The van der Waals surface area contributed by atoms with Gasteiger partial charge in [-0.3, -0.25) is 0 Å². The molecule has 1 heterocycles. The van der Waals surface area contributed by atoms with E-state index >= 15 is 0 Å². The highest BCUT2D eigenvalue weighted by molar-refractivity contribution is 5.58. The molecule has 0 saturated carbocycles. The van der Waals surface area contributed by atoms with E-state index in [2.05, 4.69) is 5.16 Å². The van der Waals surface area contributed by atoms with E-state index in [1.54, 1.807) is 0 Å². The van der Waals surface area contributed by atoms with Gasteiger partial charge in [-0.05, 0) is 0 Å². The highest BCUT2D eigenvalue weighted by Crippen LogP contribution is 2.18. The van der Waals surface area contributed by atoms with Gasteiger partial charge < -0.3 is 9.63 Å². The molecule has 0 spiro atoms. The summed E-state index contributed by atoms with van der Waals surface area (Å²) >= 11 is 0. The van der Waals surface area contributed by atoms with Crippen LogP contribution < -0.4 is 0 Å². The predicted molar refractivity (Wildman–Crippen MR) is 52.7 cm³/mol. The summed E-state index contributed by atoms with van der Waals surface area (Å²) in [5.41, 5.74) is 1.84. The first-order valence-electron chi connectivity index (χ1n) is 4.52. The summed E-state index contributed by atoms with van der Waals surface area (Å²) in [5.74, 6) is 0.714. The molecule has 1 aromatic heterocycles. The van der Waals surface area contributed by atoms with Gasteiger partial charge >= 0.3 is 0 Å². The van der Waals surface area contributed by atoms with Crippen molar-refractivity contribution in [3.8, 4) is 11.3 Å². The van der Waals surface area contributed by atoms with Crippen molar-refractivity contribution < 1.29 is 9.63 Å². The molecule has 0 fully saturated rings. The van der Waals surface area contributed by atoms with Crippen LogP contribution in [0.25, 0.3) is 11.3 Å². The average Bonchev–Trinajstić information content (AvgIpc) is 2.68. The number of hydrogen-bond acceptors (Lipinski definition) is 3. The summed E-state index contributed by atoms with van der Waals surface area (Å²) in [7, 11) is 0. The molecule has 0 bridgehead atoms. The zero-order chi connectivity index (χ0) is 9.80. The average molecular weight is 189 g/mol. The Labute approximate surface area is 82.0 Å². The molecule has 14 heavy (non-hydrogen) atoms. The van der Waals surface area contributed by atoms with E-state index in [1.807, 2.05) is 36.4 Å². The second kappa shape index (κ2) is 4.07. The summed E-state index contributed by atoms with van der Waals surface area (Å²) in [6.07, 6.45) is 0.514. The van der Waals surface area contributed by atoms with Crippen LogP contribution in [0, 0.1) is 0 Å². The molecule has 0 saturated heterocycles. The molecule has 3 nitrogen and oxygen atoms in total. The molecule has 0 atom stereocenters. The van der Waals surface area contributed by atoms with E-state index in [0.29, 0.717) is 12.2 Å². The first-order valence-corrected chi connectivity index (χ1v) is 4.52. The second-order valence-corrected chi connectivity index (χ2v) is 3.02. The van der Waals surface area contributed by atoms with Crippen molar-refractivity contribution in [1.29, 1.82) is 0 Å². The minimum Gasteiger partial charge on any atom is -0.396 e. The van der Waals surface area contributed by atoms with Gasteiger partial charge in [0.25, 0.3) is 0 Å². The van der Waals surface area contributed by atoms with Gasteiger partial charge in [0, 0.05) is 18.1 Å². The summed E-state index contributed by atoms with van der Waals surface area (Å²) in [5, 5.41) is 12.6. The highest BCUT2D eigenvalue weighted by atomic mass is 16.5. The molecule has 0 amide bonds. The maximum absolute atomic E-state index is 8.71. The fourth-order valence-electron chi connectivity index (χ4n) is 1.29. The van der Waals surface area contributed by atoms with Gasteiger partial charge in [0.1, 0.15) is 11.5 Å². The van der Waals surface area contributed by atoms with Gasteiger partial charge in [0.05, 0.1) is 6.61 Å². The zero-order valence-electron chi connectivity index (χ0n) is 7.68. The van der Waals surface area contributed by atoms with Crippen LogP contribution in [0.3, 0.4) is 0 Å². The Bertz CT molecular complexity index is 395. The largest absolute Gasteiger partial charge is 0.396 e. The third-order valence-electron chi connectivity index (χ3n) is 1.99. The molecule has 0 aliphatic heterocycles. The second-order valence-electron chi connectivity index (χ2n) is 3.02. The molecule has 0 radical (unpaired) electrons. The lowest BCUT2D eigenvalue weighted by Crippen LogP contribution is -1.86. The van der Waals surface area contributed by atoms with Crippen LogP contribution in [0.15, 0.2) is 40.9 Å². The van der Waals surface area contributed by atoms with Gasteiger partial charge in [-0.2, -0.15) is 0 Å². The Morgan fingerprint density at radius 2 is 2.00 bits per heavy atom. The number of nitrogens with zero attached hydrogens (tertiary/aromatic N) is 1. The number of aliphatic hydroxyl groups excluding tert-OH is 1. The van der Waals surface area contributed by atoms with Gasteiger partial charge in [0.2, 0.25) is 0 Å². The molecular weight excluding hydrogens is 178 g/mol. The molecule has 72 valence electrons. The van der Waals surface area contributed by atoms with E-state index in [1.165, 1.54) is 0 Å². The van der Waals surface area contributed by atoms with Gasteiger partial charge in [0.15, 0.2) is 0 Å². The maximum atomic E-state index is 8.71. The van der Waals surface area contributed by atoms with Crippen LogP contribution in [-0.4, -0.2) is 16.9 Å². The molecule has 2 rings (SSSR count). The monoisotopic (exact) mass is 189 g/mol.